The van der Waals surface area contributed by atoms with Crippen LogP contribution in [-0.4, -0.2) is 61.1 Å². The molecule has 1 aromatic heterocycles. The molecule has 2 aliphatic rings. The van der Waals surface area contributed by atoms with Crippen LogP contribution in [-0.2, 0) is 4.74 Å². The van der Waals surface area contributed by atoms with Crippen LogP contribution >= 0.6 is 0 Å². The molecular weight excluding hydrogens is 356 g/mol. The number of benzene rings is 1. The molecule has 2 saturated heterocycles. The van der Waals surface area contributed by atoms with Crippen molar-refractivity contribution in [1.82, 2.24) is 9.88 Å². The second-order valence-electron chi connectivity index (χ2n) is 6.98. The normalized spacial score (nSPS) is 16.9. The summed E-state index contributed by atoms with van der Waals surface area (Å²) in [5, 5.41) is 2.95. The van der Waals surface area contributed by atoms with E-state index in [1.54, 1.807) is 23.1 Å². The van der Waals surface area contributed by atoms with Crippen molar-refractivity contribution in [3.63, 3.8) is 0 Å². The third-order valence-corrected chi connectivity index (χ3v) is 5.10. The second-order valence-corrected chi connectivity index (χ2v) is 6.98. The SMILES string of the molecule is O=C(Nc1ccccc1N1CCOCC1)c1cccc(C(=O)N2CCCC2)n1. The maximum atomic E-state index is 12.8. The van der Waals surface area contributed by atoms with Crippen LogP contribution in [0.1, 0.15) is 33.8 Å². The molecule has 0 radical (unpaired) electrons. The molecule has 2 amide bonds. The fourth-order valence-electron chi connectivity index (χ4n) is 3.61. The van der Waals surface area contributed by atoms with Gasteiger partial charge in [0.25, 0.3) is 11.8 Å². The number of amides is 2. The van der Waals surface area contributed by atoms with Gasteiger partial charge >= 0.3 is 0 Å². The molecule has 3 heterocycles. The van der Waals surface area contributed by atoms with Crippen molar-refractivity contribution < 1.29 is 14.3 Å². The lowest BCUT2D eigenvalue weighted by Crippen LogP contribution is -2.36. The zero-order chi connectivity index (χ0) is 19.3. The zero-order valence-corrected chi connectivity index (χ0v) is 15.8. The first-order chi connectivity index (χ1) is 13.7. The predicted molar refractivity (Wildman–Crippen MR) is 107 cm³/mol. The van der Waals surface area contributed by atoms with E-state index in [1.165, 1.54) is 0 Å². The van der Waals surface area contributed by atoms with Crippen LogP contribution in [0.25, 0.3) is 0 Å². The first kappa shape index (κ1) is 18.4. The summed E-state index contributed by atoms with van der Waals surface area (Å²) in [6.45, 7) is 4.42. The smallest absolute Gasteiger partial charge is 0.274 e. The van der Waals surface area contributed by atoms with Gasteiger partial charge in [0, 0.05) is 26.2 Å². The Morgan fingerprint density at radius 3 is 2.39 bits per heavy atom. The number of morpholine rings is 1. The van der Waals surface area contributed by atoms with Gasteiger partial charge in [-0.25, -0.2) is 4.98 Å². The van der Waals surface area contributed by atoms with E-state index in [9.17, 15) is 9.59 Å². The molecule has 2 aliphatic heterocycles. The Hall–Kier alpha value is -2.93. The van der Waals surface area contributed by atoms with Gasteiger partial charge in [-0.2, -0.15) is 0 Å². The highest BCUT2D eigenvalue weighted by molar-refractivity contribution is 6.05. The number of likely N-dealkylation sites (tertiary alicyclic amines) is 1. The Morgan fingerprint density at radius 2 is 1.61 bits per heavy atom. The summed E-state index contributed by atoms with van der Waals surface area (Å²) >= 11 is 0. The third kappa shape index (κ3) is 3.99. The minimum Gasteiger partial charge on any atom is -0.378 e. The van der Waals surface area contributed by atoms with E-state index in [0.29, 0.717) is 18.9 Å². The van der Waals surface area contributed by atoms with Crippen LogP contribution in [0, 0.1) is 0 Å². The van der Waals surface area contributed by atoms with E-state index < -0.39 is 0 Å². The predicted octanol–water partition coefficient (Wildman–Crippen LogP) is 2.41. The van der Waals surface area contributed by atoms with Crippen LogP contribution in [0.15, 0.2) is 42.5 Å². The number of nitrogens with zero attached hydrogens (tertiary/aromatic N) is 3. The van der Waals surface area contributed by atoms with Crippen molar-refractivity contribution in [3.8, 4) is 0 Å². The molecule has 0 unspecified atom stereocenters. The standard InChI is InChI=1S/C21H24N4O3/c26-20(17-7-5-8-18(22-17)21(27)25-10-3-4-11-25)23-16-6-1-2-9-19(16)24-12-14-28-15-13-24/h1-2,5-9H,3-4,10-15H2,(H,23,26). The van der Waals surface area contributed by atoms with Crippen LogP contribution in [0.2, 0.25) is 0 Å². The molecule has 0 bridgehead atoms. The quantitative estimate of drug-likeness (QED) is 0.882. The average Bonchev–Trinajstić information content (AvgIpc) is 3.29. The number of aromatic nitrogens is 1. The molecule has 7 heteroatoms. The Kier molecular flexibility index (Phi) is 5.53. The number of para-hydroxylation sites is 2. The number of carbonyl (C=O) groups is 2. The largest absolute Gasteiger partial charge is 0.378 e. The maximum absolute atomic E-state index is 12.8. The monoisotopic (exact) mass is 380 g/mol. The number of nitrogens with one attached hydrogen (secondary N) is 1. The van der Waals surface area contributed by atoms with Crippen LogP contribution in [0.5, 0.6) is 0 Å². The van der Waals surface area contributed by atoms with E-state index >= 15 is 0 Å². The molecule has 7 nitrogen and oxygen atoms in total. The van der Waals surface area contributed by atoms with Gasteiger partial charge in [-0.3, -0.25) is 9.59 Å². The van der Waals surface area contributed by atoms with Gasteiger partial charge in [0.2, 0.25) is 0 Å². The lowest BCUT2D eigenvalue weighted by molar-refractivity contribution is 0.0787. The van der Waals surface area contributed by atoms with Crippen molar-refractivity contribution in [2.24, 2.45) is 0 Å². The molecule has 2 aromatic rings. The number of hydrogen-bond acceptors (Lipinski definition) is 5. The van der Waals surface area contributed by atoms with Crippen molar-refractivity contribution in [1.29, 1.82) is 0 Å². The van der Waals surface area contributed by atoms with Crippen molar-refractivity contribution in [2.45, 2.75) is 12.8 Å². The molecule has 0 atom stereocenters. The van der Waals surface area contributed by atoms with Crippen LogP contribution < -0.4 is 10.2 Å². The van der Waals surface area contributed by atoms with Gasteiger partial charge in [0.1, 0.15) is 11.4 Å². The number of carbonyl (C=O) groups excluding carboxylic acids is 2. The number of ether oxygens (including phenoxy) is 1. The van der Waals surface area contributed by atoms with Crippen LogP contribution in [0.3, 0.4) is 0 Å². The number of rotatable bonds is 4. The topological polar surface area (TPSA) is 74.8 Å². The van der Waals surface area contributed by atoms with E-state index in [2.05, 4.69) is 15.2 Å². The first-order valence-electron chi connectivity index (χ1n) is 9.72. The maximum Gasteiger partial charge on any atom is 0.274 e. The summed E-state index contributed by atoms with van der Waals surface area (Å²) in [5.74, 6) is -0.433. The third-order valence-electron chi connectivity index (χ3n) is 5.10. The first-order valence-corrected chi connectivity index (χ1v) is 9.72. The van der Waals surface area contributed by atoms with E-state index in [0.717, 1.165) is 50.4 Å². The molecule has 28 heavy (non-hydrogen) atoms. The van der Waals surface area contributed by atoms with Gasteiger partial charge in [-0.05, 0) is 37.1 Å². The van der Waals surface area contributed by atoms with E-state index in [4.69, 9.17) is 4.74 Å². The Labute approximate surface area is 164 Å². The van der Waals surface area contributed by atoms with Crippen molar-refractivity contribution >= 4 is 23.2 Å². The van der Waals surface area contributed by atoms with Gasteiger partial charge in [-0.15, -0.1) is 0 Å². The Balaban J connectivity index is 1.51. The number of hydrogen-bond donors (Lipinski definition) is 1. The summed E-state index contributed by atoms with van der Waals surface area (Å²) in [6, 6.07) is 12.7. The van der Waals surface area contributed by atoms with E-state index in [1.807, 2.05) is 24.3 Å². The molecule has 146 valence electrons. The van der Waals surface area contributed by atoms with Gasteiger partial charge < -0.3 is 19.9 Å². The van der Waals surface area contributed by atoms with Gasteiger partial charge in [0.05, 0.1) is 24.6 Å². The zero-order valence-electron chi connectivity index (χ0n) is 15.8. The minimum atomic E-state index is -0.322. The highest BCUT2D eigenvalue weighted by Crippen LogP contribution is 2.26. The summed E-state index contributed by atoms with van der Waals surface area (Å²) in [6.07, 6.45) is 2.04. The molecule has 1 aromatic carbocycles. The molecule has 2 fully saturated rings. The molecule has 1 N–H and O–H groups in total. The lowest BCUT2D eigenvalue weighted by atomic mass is 10.2. The van der Waals surface area contributed by atoms with Crippen LogP contribution in [0.4, 0.5) is 11.4 Å². The highest BCUT2D eigenvalue weighted by atomic mass is 16.5. The second kappa shape index (κ2) is 8.39. The fraction of sp³-hybridized carbons (Fsp3) is 0.381. The lowest BCUT2D eigenvalue weighted by Gasteiger charge is -2.30. The Bertz CT molecular complexity index is 858. The summed E-state index contributed by atoms with van der Waals surface area (Å²) < 4.78 is 5.41. The Morgan fingerprint density at radius 1 is 0.893 bits per heavy atom. The minimum absolute atomic E-state index is 0.110. The molecule has 0 spiro atoms. The molecule has 4 rings (SSSR count). The highest BCUT2D eigenvalue weighted by Gasteiger charge is 2.22. The molecule has 0 saturated carbocycles. The summed E-state index contributed by atoms with van der Waals surface area (Å²) in [7, 11) is 0. The number of anilines is 2. The average molecular weight is 380 g/mol. The fourth-order valence-corrected chi connectivity index (χ4v) is 3.61. The molecule has 0 aliphatic carbocycles. The van der Waals surface area contributed by atoms with Crippen molar-refractivity contribution in [2.75, 3.05) is 49.6 Å². The van der Waals surface area contributed by atoms with Crippen molar-refractivity contribution in [3.05, 3.63) is 53.9 Å². The van der Waals surface area contributed by atoms with Gasteiger partial charge in [0.15, 0.2) is 0 Å². The molecular formula is C21H24N4O3. The summed E-state index contributed by atoms with van der Waals surface area (Å²) in [5.41, 5.74) is 2.24. The number of pyridine rings is 1. The summed E-state index contributed by atoms with van der Waals surface area (Å²) in [4.78, 5) is 33.7. The van der Waals surface area contributed by atoms with Gasteiger partial charge in [-0.1, -0.05) is 18.2 Å². The van der Waals surface area contributed by atoms with E-state index in [-0.39, 0.29) is 17.5 Å².